The fraction of sp³-hybridized carbons (Fsp3) is 0.286. The van der Waals surface area contributed by atoms with Crippen molar-refractivity contribution in [2.45, 2.75) is 19.9 Å². The van der Waals surface area contributed by atoms with Gasteiger partial charge in [0.25, 0.3) is 11.8 Å². The minimum atomic E-state index is -0.994. The van der Waals surface area contributed by atoms with Gasteiger partial charge in [-0.05, 0) is 38.1 Å². The fourth-order valence-electron chi connectivity index (χ4n) is 1.42. The molecule has 0 saturated carbocycles. The molecule has 23 heavy (non-hydrogen) atoms. The second kappa shape index (κ2) is 8.89. The molecule has 1 rings (SSSR count). The Bertz CT molecular complexity index is 601. The SMILES string of the molecule is CC(C)NC(=O)C(=O)NNC(=O)CNC(=O)c1ccc(Br)cc1. The second-order valence-electron chi connectivity index (χ2n) is 4.82. The van der Waals surface area contributed by atoms with Gasteiger partial charge in [-0.15, -0.1) is 0 Å². The van der Waals surface area contributed by atoms with Gasteiger partial charge < -0.3 is 10.6 Å². The molecule has 1 aromatic rings. The van der Waals surface area contributed by atoms with Gasteiger partial charge in [0.1, 0.15) is 0 Å². The topological polar surface area (TPSA) is 116 Å². The summed E-state index contributed by atoms with van der Waals surface area (Å²) < 4.78 is 0.828. The van der Waals surface area contributed by atoms with Crippen LogP contribution in [0, 0.1) is 0 Å². The molecule has 0 bridgehead atoms. The van der Waals surface area contributed by atoms with Gasteiger partial charge in [-0.2, -0.15) is 0 Å². The van der Waals surface area contributed by atoms with E-state index in [0.717, 1.165) is 4.47 Å². The van der Waals surface area contributed by atoms with Gasteiger partial charge in [-0.25, -0.2) is 0 Å². The van der Waals surface area contributed by atoms with E-state index in [1.54, 1.807) is 38.1 Å². The van der Waals surface area contributed by atoms with Crippen LogP contribution in [0.2, 0.25) is 0 Å². The van der Waals surface area contributed by atoms with E-state index in [1.807, 2.05) is 10.9 Å². The molecule has 0 aliphatic rings. The number of benzene rings is 1. The van der Waals surface area contributed by atoms with Gasteiger partial charge in [0.2, 0.25) is 0 Å². The standard InChI is InChI=1S/C14H17BrN4O4/c1-8(2)17-13(22)14(23)19-18-11(20)7-16-12(21)9-3-5-10(15)6-4-9/h3-6,8H,7H2,1-2H3,(H,16,21)(H,17,22)(H,18,20)(H,19,23). The molecule has 0 saturated heterocycles. The lowest BCUT2D eigenvalue weighted by atomic mass is 10.2. The molecule has 0 heterocycles. The summed E-state index contributed by atoms with van der Waals surface area (Å²) in [6, 6.07) is 6.38. The third kappa shape index (κ3) is 6.92. The lowest BCUT2D eigenvalue weighted by molar-refractivity contribution is -0.141. The summed E-state index contributed by atoms with van der Waals surface area (Å²) >= 11 is 3.25. The Morgan fingerprint density at radius 2 is 1.61 bits per heavy atom. The minimum absolute atomic E-state index is 0.200. The van der Waals surface area contributed by atoms with E-state index in [4.69, 9.17) is 0 Å². The molecule has 0 atom stereocenters. The van der Waals surface area contributed by atoms with Crippen LogP contribution in [0.3, 0.4) is 0 Å². The molecule has 0 aliphatic carbocycles. The third-order valence-corrected chi connectivity index (χ3v) is 2.99. The molecule has 4 amide bonds. The summed E-state index contributed by atoms with van der Waals surface area (Å²) in [5, 5.41) is 4.75. The van der Waals surface area contributed by atoms with Gasteiger partial charge >= 0.3 is 11.8 Å². The van der Waals surface area contributed by atoms with Crippen molar-refractivity contribution in [3.63, 3.8) is 0 Å². The monoisotopic (exact) mass is 384 g/mol. The third-order valence-electron chi connectivity index (χ3n) is 2.46. The summed E-state index contributed by atoms with van der Waals surface area (Å²) in [5.74, 6) is -2.96. The molecule has 8 nitrogen and oxygen atoms in total. The molecule has 0 radical (unpaired) electrons. The van der Waals surface area contributed by atoms with Crippen molar-refractivity contribution in [2.75, 3.05) is 6.54 Å². The lowest BCUT2D eigenvalue weighted by Gasteiger charge is -2.10. The maximum atomic E-state index is 11.8. The van der Waals surface area contributed by atoms with Crippen LogP contribution in [0.5, 0.6) is 0 Å². The van der Waals surface area contributed by atoms with Crippen molar-refractivity contribution in [1.29, 1.82) is 0 Å². The normalized spacial score (nSPS) is 9.91. The Labute approximate surface area is 141 Å². The highest BCUT2D eigenvalue weighted by atomic mass is 79.9. The highest BCUT2D eigenvalue weighted by Gasteiger charge is 2.15. The molecule has 0 fully saturated rings. The van der Waals surface area contributed by atoms with Gasteiger partial charge in [0.05, 0.1) is 6.54 Å². The molecule has 0 unspecified atom stereocenters. The highest BCUT2D eigenvalue weighted by Crippen LogP contribution is 2.10. The first-order chi connectivity index (χ1) is 10.8. The maximum absolute atomic E-state index is 11.8. The average Bonchev–Trinajstić information content (AvgIpc) is 2.50. The number of hydrogen-bond acceptors (Lipinski definition) is 4. The number of nitrogens with one attached hydrogen (secondary N) is 4. The van der Waals surface area contributed by atoms with Crippen LogP contribution in [-0.2, 0) is 14.4 Å². The second-order valence-corrected chi connectivity index (χ2v) is 5.74. The van der Waals surface area contributed by atoms with Crippen LogP contribution in [-0.4, -0.2) is 36.2 Å². The van der Waals surface area contributed by atoms with Crippen molar-refractivity contribution < 1.29 is 19.2 Å². The molecule has 0 aromatic heterocycles. The average molecular weight is 385 g/mol. The van der Waals surface area contributed by atoms with Crippen LogP contribution in [0.4, 0.5) is 0 Å². The minimum Gasteiger partial charge on any atom is -0.346 e. The lowest BCUT2D eigenvalue weighted by Crippen LogP contribution is -2.51. The van der Waals surface area contributed by atoms with Crippen LogP contribution >= 0.6 is 15.9 Å². The number of carbonyl (C=O) groups is 4. The summed E-state index contributed by atoms with van der Waals surface area (Å²) in [7, 11) is 0. The number of hydrogen-bond donors (Lipinski definition) is 4. The highest BCUT2D eigenvalue weighted by molar-refractivity contribution is 9.10. The molecule has 1 aromatic carbocycles. The summed E-state index contributed by atoms with van der Waals surface area (Å²) in [5.41, 5.74) is 4.37. The Balaban J connectivity index is 2.34. The molecular weight excluding hydrogens is 368 g/mol. The molecule has 0 spiro atoms. The molecule has 124 valence electrons. The van der Waals surface area contributed by atoms with E-state index in [1.165, 1.54) is 0 Å². The van der Waals surface area contributed by atoms with E-state index in [0.29, 0.717) is 5.56 Å². The summed E-state index contributed by atoms with van der Waals surface area (Å²) in [6.07, 6.45) is 0. The number of halogens is 1. The molecule has 9 heteroatoms. The Hall–Kier alpha value is -2.42. The van der Waals surface area contributed by atoms with Crippen molar-refractivity contribution in [2.24, 2.45) is 0 Å². The molecular formula is C14H17BrN4O4. The van der Waals surface area contributed by atoms with Gasteiger partial charge in [-0.1, -0.05) is 15.9 Å². The van der Waals surface area contributed by atoms with Crippen LogP contribution < -0.4 is 21.5 Å². The Morgan fingerprint density at radius 3 is 2.17 bits per heavy atom. The van der Waals surface area contributed by atoms with Crippen LogP contribution in [0.25, 0.3) is 0 Å². The predicted octanol–water partition coefficient (Wildman–Crippen LogP) is -0.149. The first-order valence-corrected chi connectivity index (χ1v) is 7.52. The summed E-state index contributed by atoms with van der Waals surface area (Å²) in [4.78, 5) is 45.9. The Kier molecular flexibility index (Phi) is 7.20. The zero-order valence-electron chi connectivity index (χ0n) is 12.6. The number of carbonyl (C=O) groups excluding carboxylic acids is 4. The van der Waals surface area contributed by atoms with E-state index < -0.39 is 23.6 Å². The Morgan fingerprint density at radius 1 is 1.00 bits per heavy atom. The molecule has 0 aliphatic heterocycles. The van der Waals surface area contributed by atoms with Gasteiger partial charge in [0, 0.05) is 16.1 Å². The summed E-state index contributed by atoms with van der Waals surface area (Å²) in [6.45, 7) is 3.05. The van der Waals surface area contributed by atoms with E-state index in [-0.39, 0.29) is 12.6 Å². The van der Waals surface area contributed by atoms with E-state index in [9.17, 15) is 19.2 Å². The predicted molar refractivity (Wildman–Crippen MR) is 86.0 cm³/mol. The van der Waals surface area contributed by atoms with Crippen molar-refractivity contribution in [1.82, 2.24) is 21.5 Å². The maximum Gasteiger partial charge on any atom is 0.327 e. The van der Waals surface area contributed by atoms with Crippen LogP contribution in [0.1, 0.15) is 24.2 Å². The van der Waals surface area contributed by atoms with Crippen molar-refractivity contribution in [3.05, 3.63) is 34.3 Å². The number of hydrazine groups is 1. The quantitative estimate of drug-likeness (QED) is 0.426. The fourth-order valence-corrected chi connectivity index (χ4v) is 1.68. The smallest absolute Gasteiger partial charge is 0.327 e. The first kappa shape index (κ1) is 18.6. The zero-order chi connectivity index (χ0) is 17.4. The first-order valence-electron chi connectivity index (χ1n) is 6.73. The van der Waals surface area contributed by atoms with Crippen LogP contribution in [0.15, 0.2) is 28.7 Å². The van der Waals surface area contributed by atoms with Crippen molar-refractivity contribution >= 4 is 39.6 Å². The van der Waals surface area contributed by atoms with Gasteiger partial charge in [0.15, 0.2) is 0 Å². The van der Waals surface area contributed by atoms with E-state index in [2.05, 4.69) is 26.6 Å². The number of rotatable bonds is 4. The molecule has 4 N–H and O–H groups in total. The number of amides is 4. The van der Waals surface area contributed by atoms with E-state index >= 15 is 0 Å². The zero-order valence-corrected chi connectivity index (χ0v) is 14.2. The largest absolute Gasteiger partial charge is 0.346 e. The van der Waals surface area contributed by atoms with Gasteiger partial charge in [-0.3, -0.25) is 30.0 Å². The van der Waals surface area contributed by atoms with Crippen molar-refractivity contribution in [3.8, 4) is 0 Å².